The quantitative estimate of drug-likeness (QED) is 0.338. The Labute approximate surface area is 216 Å². The van der Waals surface area contributed by atoms with E-state index in [2.05, 4.69) is 41.5 Å². The van der Waals surface area contributed by atoms with E-state index in [1.807, 2.05) is 48.5 Å². The van der Waals surface area contributed by atoms with E-state index in [4.69, 9.17) is 2.51 Å². The van der Waals surface area contributed by atoms with E-state index in [0.29, 0.717) is 6.07 Å². The highest BCUT2D eigenvalue weighted by Gasteiger charge is 2.39. The number of hydrogen-bond donors (Lipinski definition) is 0. The van der Waals surface area contributed by atoms with Gasteiger partial charge in [-0.15, -0.1) is 0 Å². The smallest absolute Gasteiger partial charge is 0.207 e. The van der Waals surface area contributed by atoms with E-state index in [-0.39, 0.29) is 10.8 Å². The minimum atomic E-state index is -4.46. The van der Waals surface area contributed by atoms with Crippen LogP contribution in [-0.2, 0) is 23.5 Å². The van der Waals surface area contributed by atoms with Gasteiger partial charge in [0.25, 0.3) is 0 Å². The maximum absolute atomic E-state index is 14.4. The van der Waals surface area contributed by atoms with Gasteiger partial charge in [-0.25, -0.2) is 8.78 Å². The molecule has 0 atom stereocenters. The van der Waals surface area contributed by atoms with E-state index < -0.39 is 46.9 Å². The molecule has 189 valence electrons. The lowest BCUT2D eigenvalue weighted by Gasteiger charge is -2.23. The standard InChI is InChI=1S/C28H33F2IO3S/c1-7-27(3,4)20-9-14-23(15-10-20)31(24-16-11-21(12-17-24)28(5,6)8-2)34-35(32,33)26-18-13-22(29)19-25(26)30/h9-19H,7-8H2,1-6H3/q+1. The Hall–Kier alpha value is -1.84. The van der Waals surface area contributed by atoms with E-state index in [9.17, 15) is 17.2 Å². The summed E-state index contributed by atoms with van der Waals surface area (Å²) < 4.78 is 61.3. The van der Waals surface area contributed by atoms with Gasteiger partial charge in [-0.1, -0.05) is 65.8 Å². The molecule has 3 nitrogen and oxygen atoms in total. The number of benzene rings is 3. The number of rotatable bonds is 9. The van der Waals surface area contributed by atoms with Crippen LogP contribution in [0.1, 0.15) is 65.5 Å². The first-order valence-electron chi connectivity index (χ1n) is 11.6. The molecule has 0 aliphatic heterocycles. The Morgan fingerprint density at radius 2 is 1.17 bits per heavy atom. The van der Waals surface area contributed by atoms with Crippen molar-refractivity contribution < 1.29 is 39.9 Å². The SMILES string of the molecule is CCC(C)(C)c1ccc([I+](OS(=O)(=O)c2ccc(F)cc2F)c2ccc(C(C)(C)CC)cc2)cc1. The van der Waals surface area contributed by atoms with Gasteiger partial charge in [0.2, 0.25) is 0 Å². The monoisotopic (exact) mass is 614 g/mol. The maximum atomic E-state index is 14.4. The van der Waals surface area contributed by atoms with Crippen LogP contribution >= 0.6 is 0 Å². The van der Waals surface area contributed by atoms with Crippen LogP contribution in [0, 0.1) is 18.8 Å². The van der Waals surface area contributed by atoms with Crippen molar-refractivity contribution in [2.24, 2.45) is 0 Å². The van der Waals surface area contributed by atoms with Gasteiger partial charge in [0.1, 0.15) is 16.5 Å². The van der Waals surface area contributed by atoms with Crippen molar-refractivity contribution in [3.63, 3.8) is 0 Å². The lowest BCUT2D eigenvalue weighted by Crippen LogP contribution is -3.85. The molecule has 3 rings (SSSR count). The third kappa shape index (κ3) is 6.30. The van der Waals surface area contributed by atoms with Crippen molar-refractivity contribution in [3.8, 4) is 0 Å². The molecule has 7 heteroatoms. The Bertz CT molecular complexity index is 1210. The van der Waals surface area contributed by atoms with Crippen molar-refractivity contribution in [2.75, 3.05) is 0 Å². The van der Waals surface area contributed by atoms with Crippen LogP contribution in [0.15, 0.2) is 71.6 Å². The minimum absolute atomic E-state index is 0.0187. The third-order valence-corrected chi connectivity index (χ3v) is 14.1. The van der Waals surface area contributed by atoms with Crippen LogP contribution in [0.25, 0.3) is 0 Å². The van der Waals surface area contributed by atoms with Gasteiger partial charge in [-0.2, -0.15) is 8.42 Å². The first kappa shape index (κ1) is 27.7. The maximum Gasteiger partial charge on any atom is 0.339 e. The summed E-state index contributed by atoms with van der Waals surface area (Å²) in [6, 6.07) is 18.1. The highest BCUT2D eigenvalue weighted by Crippen LogP contribution is 2.27. The Balaban J connectivity index is 2.07. The number of halogens is 3. The molecule has 35 heavy (non-hydrogen) atoms. The molecule has 0 N–H and O–H groups in total. The molecule has 0 aliphatic carbocycles. The molecule has 0 unspecified atom stereocenters. The van der Waals surface area contributed by atoms with Gasteiger partial charge in [-0.3, -0.25) is 0 Å². The zero-order valence-corrected chi connectivity index (χ0v) is 24.0. The predicted molar refractivity (Wildman–Crippen MR) is 132 cm³/mol. The molecule has 0 aliphatic rings. The second-order valence-electron chi connectivity index (χ2n) is 9.83. The Morgan fingerprint density at radius 1 is 0.743 bits per heavy atom. The summed E-state index contributed by atoms with van der Waals surface area (Å²) in [6.07, 6.45) is 1.91. The van der Waals surface area contributed by atoms with Crippen LogP contribution in [0.5, 0.6) is 0 Å². The third-order valence-electron chi connectivity index (χ3n) is 6.72. The predicted octanol–water partition coefficient (Wildman–Crippen LogP) is 4.32. The molecule has 0 aromatic heterocycles. The Kier molecular flexibility index (Phi) is 8.44. The topological polar surface area (TPSA) is 43.4 Å². The molecule has 0 heterocycles. The summed E-state index contributed by atoms with van der Waals surface area (Å²) in [5.74, 6) is -2.01. The average Bonchev–Trinajstić information content (AvgIpc) is 2.82. The molecule has 0 fully saturated rings. The molecule has 0 spiro atoms. The highest BCUT2D eigenvalue weighted by atomic mass is 127. The fraction of sp³-hybridized carbons (Fsp3) is 0.357. The van der Waals surface area contributed by atoms with Crippen molar-refractivity contribution >= 4 is 10.1 Å². The lowest BCUT2D eigenvalue weighted by molar-refractivity contribution is -1.03. The normalized spacial score (nSPS) is 12.8. The summed E-state index contributed by atoms with van der Waals surface area (Å²) in [4.78, 5) is -0.659. The van der Waals surface area contributed by atoms with Crippen molar-refractivity contribution in [2.45, 2.75) is 70.1 Å². The van der Waals surface area contributed by atoms with Gasteiger partial charge >= 0.3 is 30.4 Å². The molecule has 0 bridgehead atoms. The second kappa shape index (κ2) is 10.6. The van der Waals surface area contributed by atoms with Crippen molar-refractivity contribution in [1.82, 2.24) is 0 Å². The van der Waals surface area contributed by atoms with Gasteiger partial charge in [0.05, 0.1) is 0 Å². The molecule has 1 radical (unpaired) electrons. The Morgan fingerprint density at radius 3 is 1.54 bits per heavy atom. The van der Waals surface area contributed by atoms with Gasteiger partial charge < -0.3 is 0 Å². The van der Waals surface area contributed by atoms with E-state index in [0.717, 1.165) is 43.2 Å². The molecule has 0 saturated carbocycles. The fourth-order valence-electron chi connectivity index (χ4n) is 3.43. The summed E-state index contributed by atoms with van der Waals surface area (Å²) in [5.41, 5.74) is 2.25. The summed E-state index contributed by atoms with van der Waals surface area (Å²) in [6.45, 7) is 12.9. The molecular formula is C28H33F2IO3S+. The molecule has 3 aromatic carbocycles. The van der Waals surface area contributed by atoms with E-state index in [1.54, 1.807) is 0 Å². The van der Waals surface area contributed by atoms with Gasteiger partial charge in [0, 0.05) is 6.07 Å². The zero-order valence-electron chi connectivity index (χ0n) is 21.0. The van der Waals surface area contributed by atoms with Crippen molar-refractivity contribution in [1.29, 1.82) is 0 Å². The van der Waals surface area contributed by atoms with Crippen LogP contribution < -0.4 is 20.2 Å². The van der Waals surface area contributed by atoms with Crippen LogP contribution in [0.2, 0.25) is 0 Å². The van der Waals surface area contributed by atoms with E-state index in [1.165, 1.54) is 0 Å². The summed E-state index contributed by atoms with van der Waals surface area (Å²) >= 11 is -3.02. The molecular weight excluding hydrogens is 581 g/mol. The molecule has 0 amide bonds. The van der Waals surface area contributed by atoms with Gasteiger partial charge in [-0.05, 0) is 73.7 Å². The van der Waals surface area contributed by atoms with Crippen LogP contribution in [0.3, 0.4) is 0 Å². The largest absolute Gasteiger partial charge is 0.339 e. The summed E-state index contributed by atoms with van der Waals surface area (Å²) in [7, 11) is -4.46. The van der Waals surface area contributed by atoms with Crippen LogP contribution in [0.4, 0.5) is 8.78 Å². The number of hydrogen-bond acceptors (Lipinski definition) is 3. The van der Waals surface area contributed by atoms with E-state index >= 15 is 0 Å². The van der Waals surface area contributed by atoms with Crippen molar-refractivity contribution in [3.05, 3.63) is 96.6 Å². The average molecular weight is 615 g/mol. The van der Waals surface area contributed by atoms with Gasteiger partial charge in [0.15, 0.2) is 7.14 Å². The fourth-order valence-corrected chi connectivity index (χ4v) is 10.3. The highest BCUT2D eigenvalue weighted by molar-refractivity contribution is 7.86. The summed E-state index contributed by atoms with van der Waals surface area (Å²) in [5, 5.41) is 0. The van der Waals surface area contributed by atoms with Crippen LogP contribution in [-0.4, -0.2) is 8.42 Å². The first-order valence-corrected chi connectivity index (χ1v) is 16.1. The zero-order chi connectivity index (χ0) is 26.0. The molecule has 3 aromatic rings. The minimum Gasteiger partial charge on any atom is -0.207 e. The molecule has 0 saturated heterocycles. The second-order valence-corrected chi connectivity index (χ2v) is 16.3. The first-order chi connectivity index (χ1) is 16.3. The lowest BCUT2D eigenvalue weighted by atomic mass is 9.82.